The lowest BCUT2D eigenvalue weighted by atomic mass is 10.1. The number of nitrogens with zero attached hydrogens (tertiary/aromatic N) is 1. The average molecular weight is 226 g/mol. The van der Waals surface area contributed by atoms with Crippen LogP contribution in [0.25, 0.3) is 0 Å². The minimum Gasteiger partial charge on any atom is -0.383 e. The second-order valence-corrected chi connectivity index (χ2v) is 3.82. The number of hydrogen-bond donors (Lipinski definition) is 3. The van der Waals surface area contributed by atoms with Crippen LogP contribution in [-0.2, 0) is 15.9 Å². The highest BCUT2D eigenvalue weighted by molar-refractivity contribution is 5.41. The first-order chi connectivity index (χ1) is 7.50. The second kappa shape index (κ2) is 3.76. The molecule has 16 heavy (non-hydrogen) atoms. The Bertz CT molecular complexity index is 451. The first-order valence-corrected chi connectivity index (χ1v) is 4.92. The van der Waals surface area contributed by atoms with E-state index in [-0.39, 0.29) is 23.7 Å². The predicted molar refractivity (Wildman–Crippen MR) is 57.7 cm³/mol. The van der Waals surface area contributed by atoms with E-state index in [9.17, 15) is 4.79 Å². The SMILES string of the molecule is CC1(Cc2c(N)nc(N)[nH]c2=O)OCCO1. The Balaban J connectivity index is 2.31. The number of aromatic nitrogens is 2. The molecule has 2 rings (SSSR count). The molecule has 1 aromatic heterocycles. The standard InChI is InChI=1S/C9H14N4O3/c1-9(15-2-3-16-9)4-5-6(10)12-8(11)13-7(5)14/h2-4H2,1H3,(H5,10,11,12,13,14). The van der Waals surface area contributed by atoms with Crippen LogP contribution in [0.5, 0.6) is 0 Å². The van der Waals surface area contributed by atoms with Crippen molar-refractivity contribution in [2.45, 2.75) is 19.1 Å². The van der Waals surface area contributed by atoms with Gasteiger partial charge in [-0.15, -0.1) is 0 Å². The average Bonchev–Trinajstić information content (AvgIpc) is 2.59. The van der Waals surface area contributed by atoms with Crippen molar-refractivity contribution in [2.75, 3.05) is 24.7 Å². The third kappa shape index (κ3) is 2.00. The molecule has 0 amide bonds. The van der Waals surface area contributed by atoms with E-state index in [1.54, 1.807) is 6.92 Å². The van der Waals surface area contributed by atoms with Crippen molar-refractivity contribution in [3.05, 3.63) is 15.9 Å². The van der Waals surface area contributed by atoms with Gasteiger partial charge >= 0.3 is 0 Å². The fourth-order valence-corrected chi connectivity index (χ4v) is 1.68. The van der Waals surface area contributed by atoms with E-state index in [2.05, 4.69) is 9.97 Å². The van der Waals surface area contributed by atoms with Crippen LogP contribution in [-0.4, -0.2) is 29.0 Å². The largest absolute Gasteiger partial charge is 0.383 e. The lowest BCUT2D eigenvalue weighted by Gasteiger charge is -2.22. The molecule has 5 N–H and O–H groups in total. The minimum absolute atomic E-state index is 0.00432. The molecule has 0 atom stereocenters. The van der Waals surface area contributed by atoms with Crippen LogP contribution in [0.15, 0.2) is 4.79 Å². The van der Waals surface area contributed by atoms with Gasteiger partial charge in [-0.25, -0.2) is 0 Å². The van der Waals surface area contributed by atoms with Crippen LogP contribution in [0.2, 0.25) is 0 Å². The monoisotopic (exact) mass is 226 g/mol. The molecule has 1 saturated heterocycles. The van der Waals surface area contributed by atoms with E-state index in [4.69, 9.17) is 20.9 Å². The molecule has 2 heterocycles. The van der Waals surface area contributed by atoms with Crippen LogP contribution >= 0.6 is 0 Å². The Morgan fingerprint density at radius 3 is 2.62 bits per heavy atom. The van der Waals surface area contributed by atoms with Gasteiger partial charge in [0.05, 0.1) is 18.8 Å². The van der Waals surface area contributed by atoms with E-state index in [0.717, 1.165) is 0 Å². The molecule has 7 nitrogen and oxygen atoms in total. The van der Waals surface area contributed by atoms with Gasteiger partial charge < -0.3 is 20.9 Å². The minimum atomic E-state index is -0.807. The fraction of sp³-hybridized carbons (Fsp3) is 0.556. The summed E-state index contributed by atoms with van der Waals surface area (Å²) in [4.78, 5) is 17.8. The molecule has 0 spiro atoms. The summed E-state index contributed by atoms with van der Waals surface area (Å²) < 4.78 is 10.8. The van der Waals surface area contributed by atoms with Gasteiger partial charge in [0.1, 0.15) is 5.82 Å². The molecule has 0 radical (unpaired) electrons. The number of nitrogen functional groups attached to an aromatic ring is 2. The summed E-state index contributed by atoms with van der Waals surface area (Å²) in [6, 6.07) is 0. The van der Waals surface area contributed by atoms with Gasteiger partial charge in [0.15, 0.2) is 5.79 Å². The molecule has 0 saturated carbocycles. The van der Waals surface area contributed by atoms with Crippen LogP contribution in [0.4, 0.5) is 11.8 Å². The fourth-order valence-electron chi connectivity index (χ4n) is 1.68. The second-order valence-electron chi connectivity index (χ2n) is 3.82. The molecule has 0 aromatic carbocycles. The Morgan fingerprint density at radius 1 is 1.44 bits per heavy atom. The van der Waals surface area contributed by atoms with Gasteiger partial charge in [-0.3, -0.25) is 9.78 Å². The van der Waals surface area contributed by atoms with Crippen LogP contribution < -0.4 is 17.0 Å². The van der Waals surface area contributed by atoms with Crippen LogP contribution in [0, 0.1) is 0 Å². The normalized spacial score (nSPS) is 18.8. The Kier molecular flexibility index (Phi) is 2.56. The molecule has 88 valence electrons. The number of nitrogens with two attached hydrogens (primary N) is 2. The van der Waals surface area contributed by atoms with Crippen molar-refractivity contribution in [3.63, 3.8) is 0 Å². The maximum atomic E-state index is 11.6. The maximum absolute atomic E-state index is 11.6. The maximum Gasteiger partial charge on any atom is 0.257 e. The molecule has 1 aliphatic rings. The highest BCUT2D eigenvalue weighted by Crippen LogP contribution is 2.23. The summed E-state index contributed by atoms with van der Waals surface area (Å²) in [5.41, 5.74) is 11.0. The van der Waals surface area contributed by atoms with Crippen molar-refractivity contribution in [3.8, 4) is 0 Å². The zero-order chi connectivity index (χ0) is 11.8. The third-order valence-corrected chi connectivity index (χ3v) is 2.46. The van der Waals surface area contributed by atoms with E-state index < -0.39 is 5.79 Å². The summed E-state index contributed by atoms with van der Waals surface area (Å²) >= 11 is 0. The smallest absolute Gasteiger partial charge is 0.257 e. The Morgan fingerprint density at radius 2 is 2.06 bits per heavy atom. The highest BCUT2D eigenvalue weighted by Gasteiger charge is 2.33. The summed E-state index contributed by atoms with van der Waals surface area (Å²) in [5.74, 6) is -0.690. The van der Waals surface area contributed by atoms with E-state index in [0.29, 0.717) is 18.8 Å². The molecule has 0 aliphatic carbocycles. The number of nitrogens with one attached hydrogen (secondary N) is 1. The van der Waals surface area contributed by atoms with Crippen molar-refractivity contribution < 1.29 is 9.47 Å². The molecule has 7 heteroatoms. The topological polar surface area (TPSA) is 116 Å². The van der Waals surface area contributed by atoms with E-state index >= 15 is 0 Å². The summed E-state index contributed by atoms with van der Waals surface area (Å²) in [5, 5.41) is 0. The first-order valence-electron chi connectivity index (χ1n) is 4.92. The Hall–Kier alpha value is -1.60. The molecule has 0 unspecified atom stereocenters. The van der Waals surface area contributed by atoms with Gasteiger partial charge in [-0.2, -0.15) is 4.98 Å². The number of anilines is 2. The van der Waals surface area contributed by atoms with Gasteiger partial charge in [0.25, 0.3) is 5.56 Å². The van der Waals surface area contributed by atoms with E-state index in [1.807, 2.05) is 0 Å². The number of aromatic amines is 1. The molecule has 1 aliphatic heterocycles. The van der Waals surface area contributed by atoms with Crippen molar-refractivity contribution in [1.82, 2.24) is 9.97 Å². The van der Waals surface area contributed by atoms with Gasteiger partial charge in [0, 0.05) is 6.42 Å². The molecular weight excluding hydrogens is 212 g/mol. The molecular formula is C9H14N4O3. The highest BCUT2D eigenvalue weighted by atomic mass is 16.7. The van der Waals surface area contributed by atoms with Gasteiger partial charge in [-0.05, 0) is 6.92 Å². The van der Waals surface area contributed by atoms with Crippen molar-refractivity contribution in [2.24, 2.45) is 0 Å². The first kappa shape index (κ1) is 10.9. The number of hydrogen-bond acceptors (Lipinski definition) is 6. The van der Waals surface area contributed by atoms with E-state index in [1.165, 1.54) is 0 Å². The molecule has 0 bridgehead atoms. The van der Waals surface area contributed by atoms with Gasteiger partial charge in [-0.1, -0.05) is 0 Å². The van der Waals surface area contributed by atoms with Crippen LogP contribution in [0.1, 0.15) is 12.5 Å². The zero-order valence-corrected chi connectivity index (χ0v) is 8.95. The van der Waals surface area contributed by atoms with Crippen molar-refractivity contribution >= 4 is 11.8 Å². The molecule has 1 fully saturated rings. The summed E-state index contributed by atoms with van der Waals surface area (Å²) in [6.07, 6.45) is 0.251. The Labute approximate surface area is 91.8 Å². The quantitative estimate of drug-likeness (QED) is 0.610. The third-order valence-electron chi connectivity index (χ3n) is 2.46. The van der Waals surface area contributed by atoms with Gasteiger partial charge in [0.2, 0.25) is 5.95 Å². The lowest BCUT2D eigenvalue weighted by molar-refractivity contribution is -0.140. The molecule has 1 aromatic rings. The number of H-pyrrole nitrogens is 1. The number of rotatable bonds is 2. The van der Waals surface area contributed by atoms with Crippen LogP contribution in [0.3, 0.4) is 0 Å². The number of ether oxygens (including phenoxy) is 2. The summed E-state index contributed by atoms with van der Waals surface area (Å²) in [7, 11) is 0. The van der Waals surface area contributed by atoms with Crippen molar-refractivity contribution in [1.29, 1.82) is 0 Å². The summed E-state index contributed by atoms with van der Waals surface area (Å²) in [6.45, 7) is 2.78. The predicted octanol–water partition coefficient (Wildman–Crippen LogP) is -0.760. The zero-order valence-electron chi connectivity index (χ0n) is 8.95. The lowest BCUT2D eigenvalue weighted by Crippen LogP contribution is -2.33.